The fourth-order valence-corrected chi connectivity index (χ4v) is 4.45. The lowest BCUT2D eigenvalue weighted by atomic mass is 9.87. The Morgan fingerprint density at radius 3 is 2.68 bits per heavy atom. The number of ether oxygens (including phenoxy) is 2. The summed E-state index contributed by atoms with van der Waals surface area (Å²) >= 11 is 0. The maximum Gasteiger partial charge on any atom is 0.220 e. The van der Waals surface area contributed by atoms with Gasteiger partial charge in [0, 0.05) is 65.9 Å². The molecule has 0 radical (unpaired) electrons. The summed E-state index contributed by atoms with van der Waals surface area (Å²) in [5.74, 6) is 1.22. The van der Waals surface area contributed by atoms with E-state index in [1.165, 1.54) is 5.56 Å². The molecule has 1 atom stereocenters. The first-order valence-corrected chi connectivity index (χ1v) is 11.6. The first kappa shape index (κ1) is 23.4. The molecule has 0 fully saturated rings. The van der Waals surface area contributed by atoms with Crippen LogP contribution < -0.4 is 14.8 Å². The summed E-state index contributed by atoms with van der Waals surface area (Å²) in [4.78, 5) is 20.9. The normalized spacial score (nSPS) is 11.9. The van der Waals surface area contributed by atoms with Crippen LogP contribution in [0, 0.1) is 0 Å². The summed E-state index contributed by atoms with van der Waals surface area (Å²) in [6.45, 7) is 2.69. The lowest BCUT2D eigenvalue weighted by Crippen LogP contribution is -2.27. The number of methoxy groups -OCH3 is 2. The molecule has 0 aliphatic carbocycles. The van der Waals surface area contributed by atoms with Crippen molar-refractivity contribution in [3.05, 3.63) is 89.4 Å². The van der Waals surface area contributed by atoms with Crippen LogP contribution in [0.3, 0.4) is 0 Å². The van der Waals surface area contributed by atoms with Crippen LogP contribution in [0.1, 0.15) is 41.6 Å². The van der Waals surface area contributed by atoms with E-state index in [9.17, 15) is 4.79 Å². The zero-order valence-electron chi connectivity index (χ0n) is 19.9. The first-order chi connectivity index (χ1) is 16.6. The Morgan fingerprint density at radius 1 is 1.06 bits per heavy atom. The number of pyridine rings is 1. The zero-order valence-corrected chi connectivity index (χ0v) is 19.9. The van der Waals surface area contributed by atoms with Gasteiger partial charge in [0.2, 0.25) is 5.91 Å². The molecule has 0 aliphatic heterocycles. The second-order valence-corrected chi connectivity index (χ2v) is 8.22. The van der Waals surface area contributed by atoms with Crippen molar-refractivity contribution in [2.24, 2.45) is 0 Å². The van der Waals surface area contributed by atoms with Gasteiger partial charge in [-0.15, -0.1) is 0 Å². The van der Waals surface area contributed by atoms with Gasteiger partial charge in [0.15, 0.2) is 0 Å². The van der Waals surface area contributed by atoms with E-state index in [1.54, 1.807) is 20.4 Å². The average Bonchev–Trinajstić information content (AvgIpc) is 3.31. The van der Waals surface area contributed by atoms with E-state index in [2.05, 4.69) is 40.4 Å². The molecule has 4 aromatic rings. The van der Waals surface area contributed by atoms with Crippen LogP contribution in [0.2, 0.25) is 0 Å². The van der Waals surface area contributed by atoms with Crippen LogP contribution in [0.4, 0.5) is 0 Å². The number of amides is 1. The lowest BCUT2D eigenvalue weighted by molar-refractivity contribution is -0.121. The topological polar surface area (TPSA) is 76.2 Å². The number of carbonyl (C=O) groups is 1. The highest BCUT2D eigenvalue weighted by Gasteiger charge is 2.25. The molecule has 176 valence electrons. The van der Waals surface area contributed by atoms with Crippen molar-refractivity contribution in [2.75, 3.05) is 20.8 Å². The molecular weight excluding hydrogens is 426 g/mol. The Balaban J connectivity index is 1.64. The van der Waals surface area contributed by atoms with Crippen LogP contribution in [-0.2, 0) is 17.6 Å². The van der Waals surface area contributed by atoms with Crippen molar-refractivity contribution >= 4 is 16.8 Å². The van der Waals surface area contributed by atoms with Gasteiger partial charge in [0.1, 0.15) is 11.5 Å². The number of aromatic amines is 1. The predicted molar refractivity (Wildman–Crippen MR) is 135 cm³/mol. The molecule has 2 heterocycles. The molecule has 0 saturated carbocycles. The summed E-state index contributed by atoms with van der Waals surface area (Å²) in [5.41, 5.74) is 5.36. The van der Waals surface area contributed by atoms with Crippen molar-refractivity contribution in [1.82, 2.24) is 15.3 Å². The average molecular weight is 458 g/mol. The van der Waals surface area contributed by atoms with E-state index in [-0.39, 0.29) is 11.8 Å². The quantitative estimate of drug-likeness (QED) is 0.350. The number of hydrogen-bond acceptors (Lipinski definition) is 4. The zero-order chi connectivity index (χ0) is 23.9. The molecule has 6 heteroatoms. The highest BCUT2D eigenvalue weighted by molar-refractivity contribution is 5.88. The summed E-state index contributed by atoms with van der Waals surface area (Å²) in [6.07, 6.45) is 5.72. The molecule has 2 aromatic heterocycles. The molecule has 34 heavy (non-hydrogen) atoms. The van der Waals surface area contributed by atoms with E-state index in [0.29, 0.717) is 30.9 Å². The fourth-order valence-electron chi connectivity index (χ4n) is 4.45. The van der Waals surface area contributed by atoms with Crippen molar-refractivity contribution in [2.45, 2.75) is 32.1 Å². The predicted octanol–water partition coefficient (Wildman–Crippen LogP) is 5.02. The maximum absolute atomic E-state index is 13.1. The number of para-hydroxylation sites is 1. The fraction of sp³-hybridized carbons (Fsp3) is 0.286. The smallest absolute Gasteiger partial charge is 0.220 e. The summed E-state index contributed by atoms with van der Waals surface area (Å²) in [7, 11) is 3.28. The summed E-state index contributed by atoms with van der Waals surface area (Å²) < 4.78 is 11.1. The van der Waals surface area contributed by atoms with Crippen LogP contribution in [-0.4, -0.2) is 36.6 Å². The lowest BCUT2D eigenvalue weighted by Gasteiger charge is -2.20. The molecule has 2 N–H and O–H groups in total. The third-order valence-electron chi connectivity index (χ3n) is 6.23. The number of fused-ring (bicyclic) bond motifs is 1. The van der Waals surface area contributed by atoms with Crippen LogP contribution in [0.5, 0.6) is 11.5 Å². The summed E-state index contributed by atoms with van der Waals surface area (Å²) in [6, 6.07) is 17.9. The molecule has 0 bridgehead atoms. The van der Waals surface area contributed by atoms with Gasteiger partial charge >= 0.3 is 0 Å². The summed E-state index contributed by atoms with van der Waals surface area (Å²) in [5, 5.41) is 4.20. The Labute approximate surface area is 200 Å². The van der Waals surface area contributed by atoms with Gasteiger partial charge < -0.3 is 19.8 Å². The maximum atomic E-state index is 13.1. The number of carbonyl (C=O) groups excluding carboxylic acids is 1. The minimum absolute atomic E-state index is 0.0141. The van der Waals surface area contributed by atoms with E-state index in [1.807, 2.05) is 42.6 Å². The first-order valence-electron chi connectivity index (χ1n) is 11.6. The van der Waals surface area contributed by atoms with Crippen molar-refractivity contribution < 1.29 is 14.3 Å². The third kappa shape index (κ3) is 5.06. The number of rotatable bonds is 10. The van der Waals surface area contributed by atoms with Gasteiger partial charge in [-0.05, 0) is 35.7 Å². The number of aromatic nitrogens is 2. The molecule has 2 aromatic carbocycles. The number of benzene rings is 2. The van der Waals surface area contributed by atoms with Gasteiger partial charge in [-0.1, -0.05) is 37.3 Å². The second-order valence-electron chi connectivity index (χ2n) is 8.22. The molecule has 0 spiro atoms. The minimum atomic E-state index is -0.184. The Bertz CT molecular complexity index is 1250. The van der Waals surface area contributed by atoms with E-state index < -0.39 is 0 Å². The van der Waals surface area contributed by atoms with Gasteiger partial charge in [0.05, 0.1) is 14.2 Å². The Hall–Kier alpha value is -3.80. The van der Waals surface area contributed by atoms with E-state index in [4.69, 9.17) is 9.47 Å². The molecular formula is C28H31N3O3. The molecule has 6 nitrogen and oxygen atoms in total. The van der Waals surface area contributed by atoms with Gasteiger partial charge in [-0.2, -0.15) is 0 Å². The van der Waals surface area contributed by atoms with Crippen molar-refractivity contribution in [3.8, 4) is 11.5 Å². The van der Waals surface area contributed by atoms with E-state index >= 15 is 0 Å². The van der Waals surface area contributed by atoms with Gasteiger partial charge in [0.25, 0.3) is 0 Å². The van der Waals surface area contributed by atoms with E-state index in [0.717, 1.165) is 34.1 Å². The van der Waals surface area contributed by atoms with Crippen LogP contribution in [0.25, 0.3) is 10.9 Å². The number of aryl methyl sites for hydroxylation is 1. The molecule has 4 rings (SSSR count). The highest BCUT2D eigenvalue weighted by Crippen LogP contribution is 2.39. The van der Waals surface area contributed by atoms with Crippen LogP contribution >= 0.6 is 0 Å². The molecule has 1 amide bonds. The van der Waals surface area contributed by atoms with Gasteiger partial charge in [-0.25, -0.2) is 0 Å². The molecule has 0 aliphatic rings. The Kier molecular flexibility index (Phi) is 7.48. The number of hydrogen-bond donors (Lipinski definition) is 2. The highest BCUT2D eigenvalue weighted by atomic mass is 16.5. The SMILES string of the molecule is CCc1cccc2c(C(CC(=O)NCCc3ccccn3)c3ccc(OC)cc3OC)c[nH]c12. The van der Waals surface area contributed by atoms with Crippen molar-refractivity contribution in [1.29, 1.82) is 0 Å². The van der Waals surface area contributed by atoms with Crippen molar-refractivity contribution in [3.63, 3.8) is 0 Å². The monoisotopic (exact) mass is 457 g/mol. The minimum Gasteiger partial charge on any atom is -0.497 e. The second kappa shape index (κ2) is 10.9. The van der Waals surface area contributed by atoms with Crippen LogP contribution in [0.15, 0.2) is 67.0 Å². The standard InChI is InChI=1S/C28H31N3O3/c1-4-19-8-7-10-23-25(18-31-28(19)23)24(22-12-11-21(33-2)16-26(22)34-3)17-27(32)30-15-13-20-9-5-6-14-29-20/h5-12,14,16,18,24,31H,4,13,15,17H2,1-3H3,(H,30,32). The number of H-pyrrole nitrogens is 1. The number of nitrogens with one attached hydrogen (secondary N) is 2. The Morgan fingerprint density at radius 2 is 1.94 bits per heavy atom. The third-order valence-corrected chi connectivity index (χ3v) is 6.23. The molecule has 0 saturated heterocycles. The largest absolute Gasteiger partial charge is 0.497 e. The number of nitrogens with zero attached hydrogens (tertiary/aromatic N) is 1. The molecule has 1 unspecified atom stereocenters. The van der Waals surface area contributed by atoms with Gasteiger partial charge in [-0.3, -0.25) is 9.78 Å².